The summed E-state index contributed by atoms with van der Waals surface area (Å²) in [6.07, 6.45) is 0. The summed E-state index contributed by atoms with van der Waals surface area (Å²) in [5, 5.41) is 3.27. The Balaban J connectivity index is 1.41. The molecule has 0 N–H and O–H groups in total. The molecule has 51 heavy (non-hydrogen) atoms. The van der Waals surface area contributed by atoms with Gasteiger partial charge in [-0.1, -0.05) is 163 Å². The van der Waals surface area contributed by atoms with Crippen LogP contribution in [-0.4, -0.2) is 0 Å². The lowest BCUT2D eigenvalue weighted by atomic mass is 9.82. The number of hydrogen-bond acceptors (Lipinski definition) is 1. The Labute approximate surface area is 315 Å². The molecule has 1 aromatic heterocycles. The maximum Gasteiger partial charge on any atom is 0.136 e. The van der Waals surface area contributed by atoms with Gasteiger partial charge in [0.2, 0.25) is 0 Å². The Morgan fingerprint density at radius 2 is 0.922 bits per heavy atom. The van der Waals surface area contributed by atoms with Crippen LogP contribution in [0.25, 0.3) is 109 Å². The third kappa shape index (κ3) is 4.16. The van der Waals surface area contributed by atoms with E-state index in [0.29, 0.717) is 33.2 Å². The molecule has 0 amide bonds. The number of furan rings is 1. The van der Waals surface area contributed by atoms with Crippen molar-refractivity contribution in [1.82, 2.24) is 0 Å². The van der Waals surface area contributed by atoms with E-state index >= 15 is 0 Å². The second-order valence-electron chi connectivity index (χ2n) is 12.4. The zero-order valence-corrected chi connectivity index (χ0v) is 26.6. The molecular weight excluding hydrogens is 617 g/mol. The summed E-state index contributed by atoms with van der Waals surface area (Å²) < 4.78 is 143. The highest BCUT2D eigenvalue weighted by Gasteiger charge is 2.22. The minimum Gasteiger partial charge on any atom is -0.456 e. The molecule has 1 heteroatoms. The van der Waals surface area contributed by atoms with Gasteiger partial charge in [0, 0.05) is 10.8 Å². The smallest absolute Gasteiger partial charge is 0.136 e. The van der Waals surface area contributed by atoms with E-state index in [-0.39, 0.29) is 32.7 Å². The minimum atomic E-state index is -0.763. The van der Waals surface area contributed by atoms with E-state index < -0.39 is 107 Å². The van der Waals surface area contributed by atoms with Crippen molar-refractivity contribution >= 4 is 75.8 Å². The fourth-order valence-electron chi connectivity index (χ4n) is 7.64. The van der Waals surface area contributed by atoms with Gasteiger partial charge in [0.25, 0.3) is 0 Å². The monoisotopic (exact) mass is 661 g/mol. The average Bonchev–Trinajstić information content (AvgIpc) is 3.71. The molecule has 0 fully saturated rings. The minimum absolute atomic E-state index is 0.0204. The Hall–Kier alpha value is -6.70. The number of fused-ring (bicyclic) bond motifs is 9. The molecule has 11 rings (SSSR count). The molecule has 236 valence electrons. The molecule has 0 radical (unpaired) electrons. The first kappa shape index (κ1) is 17.3. The second-order valence-corrected chi connectivity index (χ2v) is 12.4. The zero-order chi connectivity index (χ0) is 46.5. The molecular formula is C50H30O. The van der Waals surface area contributed by atoms with Gasteiger partial charge in [0.05, 0.1) is 20.6 Å². The van der Waals surface area contributed by atoms with Crippen LogP contribution in [0, 0.1) is 0 Å². The summed E-state index contributed by atoms with van der Waals surface area (Å²) in [6, 6.07) is 18.3. The van der Waals surface area contributed by atoms with Gasteiger partial charge in [-0.05, 0) is 105 Å². The van der Waals surface area contributed by atoms with Crippen molar-refractivity contribution < 1.29 is 25.0 Å². The van der Waals surface area contributed by atoms with E-state index in [4.69, 9.17) is 18.1 Å². The predicted molar refractivity (Wildman–Crippen MR) is 218 cm³/mol. The van der Waals surface area contributed by atoms with Gasteiger partial charge in [-0.25, -0.2) is 0 Å². The Bertz CT molecular complexity index is 3970. The molecule has 0 spiro atoms. The van der Waals surface area contributed by atoms with Crippen LogP contribution >= 0.6 is 0 Å². The molecule has 0 unspecified atom stereocenters. The predicted octanol–water partition coefficient (Wildman–Crippen LogP) is 14.4. The first-order valence-corrected chi connectivity index (χ1v) is 16.4. The summed E-state index contributed by atoms with van der Waals surface area (Å²) in [5.74, 6) is 0. The van der Waals surface area contributed by atoms with Crippen LogP contribution in [0.5, 0.6) is 0 Å². The van der Waals surface area contributed by atoms with Crippen LogP contribution in [-0.2, 0) is 0 Å². The lowest BCUT2D eigenvalue weighted by molar-refractivity contribution is 0.669. The molecule has 0 atom stereocenters. The average molecular weight is 662 g/mol. The third-order valence-corrected chi connectivity index (χ3v) is 9.78. The van der Waals surface area contributed by atoms with Gasteiger partial charge >= 0.3 is 0 Å². The van der Waals surface area contributed by atoms with Crippen molar-refractivity contribution in [3.05, 3.63) is 182 Å². The maximum atomic E-state index is 9.66. The van der Waals surface area contributed by atoms with E-state index in [2.05, 4.69) is 0 Å². The van der Waals surface area contributed by atoms with Crippen LogP contribution in [0.15, 0.2) is 186 Å². The molecule has 0 aliphatic rings. The molecule has 0 saturated carbocycles. The molecule has 0 saturated heterocycles. The standard InChI is InChI=1S/C50H30O/c1-4-16-35-31(12-1)15-11-23-38(35)48-39-19-7-9-21-41(39)49(42-22-10-8-20-40(42)48)43-27-24-32-13-2-5-17-36(32)47(43)34-26-28-45-44(30-34)50-37-18-6-3-14-33(37)25-29-46(50)51-45/h1-30H/i1D,4D,7D,8D,9D,10D,11D,12D,15D,16D,19D,20D,21D,22D,23D. The van der Waals surface area contributed by atoms with Gasteiger partial charge in [0.15, 0.2) is 0 Å². The summed E-state index contributed by atoms with van der Waals surface area (Å²) in [4.78, 5) is 0. The summed E-state index contributed by atoms with van der Waals surface area (Å²) in [6.45, 7) is 0. The van der Waals surface area contributed by atoms with Crippen LogP contribution in [0.4, 0.5) is 0 Å². The zero-order valence-electron chi connectivity index (χ0n) is 41.6. The summed E-state index contributed by atoms with van der Waals surface area (Å²) in [5.41, 5.74) is 2.03. The first-order valence-electron chi connectivity index (χ1n) is 23.9. The molecule has 11 aromatic rings. The SMILES string of the molecule is [2H]c1c([2H])c([2H])c2c(-c3c4c([2H])c([2H])c([2H])c([2H])c4c(-c4ccc5ccccc5c4-c4ccc5oc6ccc7ccccc7c6c5c4)c4c([2H])c([2H])c([2H])c([2H])c34)c([2H])c([2H])c([2H])c2c1[2H]. The lowest BCUT2D eigenvalue weighted by Gasteiger charge is -2.21. The van der Waals surface area contributed by atoms with E-state index in [9.17, 15) is 6.85 Å². The van der Waals surface area contributed by atoms with Crippen molar-refractivity contribution in [3.8, 4) is 33.4 Å². The number of rotatable bonds is 3. The van der Waals surface area contributed by atoms with E-state index in [1.165, 1.54) is 0 Å². The Morgan fingerprint density at radius 3 is 1.67 bits per heavy atom. The molecule has 1 nitrogen and oxygen atoms in total. The highest BCUT2D eigenvalue weighted by atomic mass is 16.3. The van der Waals surface area contributed by atoms with Crippen LogP contribution in [0.2, 0.25) is 0 Å². The van der Waals surface area contributed by atoms with Gasteiger partial charge in [-0.2, -0.15) is 0 Å². The van der Waals surface area contributed by atoms with Crippen LogP contribution < -0.4 is 0 Å². The maximum absolute atomic E-state index is 9.66. The third-order valence-electron chi connectivity index (χ3n) is 9.78. The number of hydrogen-bond donors (Lipinski definition) is 0. The Kier molecular flexibility index (Phi) is 3.70. The van der Waals surface area contributed by atoms with Gasteiger partial charge in [-0.15, -0.1) is 0 Å². The van der Waals surface area contributed by atoms with Gasteiger partial charge in [-0.3, -0.25) is 0 Å². The lowest BCUT2D eigenvalue weighted by Crippen LogP contribution is -1.94. The normalized spacial score (nSPS) is 16.0. The topological polar surface area (TPSA) is 13.1 Å². The van der Waals surface area contributed by atoms with Crippen molar-refractivity contribution in [1.29, 1.82) is 0 Å². The van der Waals surface area contributed by atoms with E-state index in [1.807, 2.05) is 84.9 Å². The Morgan fingerprint density at radius 1 is 0.353 bits per heavy atom. The van der Waals surface area contributed by atoms with Crippen molar-refractivity contribution in [2.75, 3.05) is 0 Å². The van der Waals surface area contributed by atoms with Crippen LogP contribution in [0.1, 0.15) is 20.6 Å². The molecule has 1 heterocycles. The van der Waals surface area contributed by atoms with Gasteiger partial charge in [0.1, 0.15) is 11.2 Å². The highest BCUT2D eigenvalue weighted by Crippen LogP contribution is 2.49. The van der Waals surface area contributed by atoms with E-state index in [0.717, 1.165) is 26.9 Å². The van der Waals surface area contributed by atoms with Gasteiger partial charge < -0.3 is 4.42 Å². The van der Waals surface area contributed by atoms with Crippen molar-refractivity contribution in [3.63, 3.8) is 0 Å². The van der Waals surface area contributed by atoms with Crippen LogP contribution in [0.3, 0.4) is 0 Å². The highest BCUT2D eigenvalue weighted by molar-refractivity contribution is 6.26. The molecule has 10 aromatic carbocycles. The quantitative estimate of drug-likeness (QED) is 0.172. The summed E-state index contributed by atoms with van der Waals surface area (Å²) in [7, 11) is 0. The second kappa shape index (κ2) is 10.9. The summed E-state index contributed by atoms with van der Waals surface area (Å²) >= 11 is 0. The molecule has 0 aliphatic carbocycles. The van der Waals surface area contributed by atoms with Crippen molar-refractivity contribution in [2.45, 2.75) is 0 Å². The number of benzene rings is 10. The van der Waals surface area contributed by atoms with E-state index in [1.54, 1.807) is 6.07 Å². The fraction of sp³-hybridized carbons (Fsp3) is 0. The largest absolute Gasteiger partial charge is 0.456 e. The molecule has 0 bridgehead atoms. The van der Waals surface area contributed by atoms with Crippen molar-refractivity contribution in [2.24, 2.45) is 0 Å². The fourth-order valence-corrected chi connectivity index (χ4v) is 7.64. The first-order chi connectivity index (χ1) is 31.5. The molecule has 0 aliphatic heterocycles.